The zero-order valence-electron chi connectivity index (χ0n) is 17.1. The Morgan fingerprint density at radius 1 is 1.14 bits per heavy atom. The lowest BCUT2D eigenvalue weighted by Gasteiger charge is -2.30. The highest BCUT2D eigenvalue weighted by atomic mass is 32.1. The van der Waals surface area contributed by atoms with E-state index in [1.165, 1.54) is 0 Å². The van der Waals surface area contributed by atoms with Crippen LogP contribution in [0.3, 0.4) is 0 Å². The molecule has 1 saturated carbocycles. The average molecular weight is 425 g/mol. The van der Waals surface area contributed by atoms with Crippen LogP contribution >= 0.6 is 11.3 Å². The topological polar surface area (TPSA) is 94.2 Å². The first-order valence-electron chi connectivity index (χ1n) is 10.1. The molecule has 2 amide bonds. The van der Waals surface area contributed by atoms with E-state index in [0.717, 1.165) is 37.0 Å². The van der Waals surface area contributed by atoms with Crippen molar-refractivity contribution in [2.75, 3.05) is 31.7 Å². The van der Waals surface area contributed by atoms with E-state index in [0.29, 0.717) is 28.6 Å². The molecule has 29 heavy (non-hydrogen) atoms. The molecule has 1 aromatic heterocycles. The van der Waals surface area contributed by atoms with Crippen LogP contribution in [0.25, 0.3) is 0 Å². The van der Waals surface area contributed by atoms with E-state index in [1.807, 2.05) is 0 Å². The number of carbonyl (C=O) groups is 3. The fourth-order valence-corrected chi connectivity index (χ4v) is 5.03. The predicted molar refractivity (Wildman–Crippen MR) is 109 cm³/mol. The minimum absolute atomic E-state index is 0.0362. The highest BCUT2D eigenvalue weighted by Gasteiger charge is 2.38. The van der Waals surface area contributed by atoms with Crippen molar-refractivity contribution in [3.05, 3.63) is 16.0 Å². The Hall–Kier alpha value is -2.13. The van der Waals surface area contributed by atoms with E-state index in [4.69, 9.17) is 14.2 Å². The van der Waals surface area contributed by atoms with Crippen LogP contribution in [0.4, 0.5) is 9.80 Å². The maximum atomic E-state index is 13.1. The molecule has 2 fully saturated rings. The quantitative estimate of drug-likeness (QED) is 0.726. The van der Waals surface area contributed by atoms with Gasteiger partial charge >= 0.3 is 18.0 Å². The molecule has 1 saturated heterocycles. The summed E-state index contributed by atoms with van der Waals surface area (Å²) in [5, 5.41) is 3.17. The van der Waals surface area contributed by atoms with Crippen molar-refractivity contribution < 1.29 is 28.6 Å². The Morgan fingerprint density at radius 3 is 2.59 bits per heavy atom. The van der Waals surface area contributed by atoms with Crippen LogP contribution in [0.15, 0.2) is 0 Å². The summed E-state index contributed by atoms with van der Waals surface area (Å²) in [6.07, 6.45) is 3.71. The molecule has 2 unspecified atom stereocenters. The van der Waals surface area contributed by atoms with Gasteiger partial charge in [0.2, 0.25) is 0 Å². The number of ether oxygens (including phenoxy) is 3. The van der Waals surface area contributed by atoms with E-state index < -0.39 is 11.9 Å². The summed E-state index contributed by atoms with van der Waals surface area (Å²) in [6.45, 7) is 6.75. The number of esters is 2. The molecule has 1 aromatic rings. The maximum absolute atomic E-state index is 13.1. The fraction of sp³-hybridized carbons (Fsp3) is 0.650. The van der Waals surface area contributed by atoms with Gasteiger partial charge in [-0.05, 0) is 52.0 Å². The number of thiophene rings is 1. The third-order valence-electron chi connectivity index (χ3n) is 5.26. The molecule has 2 atom stereocenters. The first-order valence-corrected chi connectivity index (χ1v) is 11.0. The van der Waals surface area contributed by atoms with E-state index in [9.17, 15) is 14.4 Å². The lowest BCUT2D eigenvalue weighted by molar-refractivity contribution is 0.0413. The number of amides is 2. The Balaban J connectivity index is 1.88. The second kappa shape index (κ2) is 9.58. The fourth-order valence-electron chi connectivity index (χ4n) is 3.96. The molecule has 0 bridgehead atoms. The van der Waals surface area contributed by atoms with Crippen molar-refractivity contribution in [3.63, 3.8) is 0 Å². The smallest absolute Gasteiger partial charge is 0.348 e. The molecule has 0 radical (unpaired) electrons. The third kappa shape index (κ3) is 4.56. The number of anilines is 1. The van der Waals surface area contributed by atoms with Crippen molar-refractivity contribution in [1.82, 2.24) is 4.90 Å². The minimum atomic E-state index is -0.565. The summed E-state index contributed by atoms with van der Waals surface area (Å²) in [5.41, 5.74) is 0.669. The van der Waals surface area contributed by atoms with E-state index in [-0.39, 0.29) is 37.0 Å². The van der Waals surface area contributed by atoms with Gasteiger partial charge in [0.25, 0.3) is 0 Å². The largest absolute Gasteiger partial charge is 0.462 e. The van der Waals surface area contributed by atoms with Crippen LogP contribution in [0.5, 0.6) is 0 Å². The standard InChI is InChI=1S/C20H28N2O6S/c1-4-26-18(23)15-12(3)16(19(24)27-5-2)29-17(15)21-20(25)22-10-7-11-28-14-9-6-8-13(14)22/h13-14H,4-11H2,1-3H3,(H,21,25). The van der Waals surface area contributed by atoms with Gasteiger partial charge in [-0.25, -0.2) is 14.4 Å². The van der Waals surface area contributed by atoms with Crippen molar-refractivity contribution in [2.45, 2.75) is 58.6 Å². The van der Waals surface area contributed by atoms with Gasteiger partial charge in [-0.2, -0.15) is 0 Å². The molecule has 9 heteroatoms. The number of nitrogens with zero attached hydrogens (tertiary/aromatic N) is 1. The normalized spacial score (nSPS) is 21.3. The second-order valence-corrected chi connectivity index (χ2v) is 8.11. The second-order valence-electron chi connectivity index (χ2n) is 7.09. The molecule has 1 aliphatic carbocycles. The molecule has 3 rings (SSSR count). The Bertz CT molecular complexity index is 777. The minimum Gasteiger partial charge on any atom is -0.462 e. The van der Waals surface area contributed by atoms with Crippen molar-refractivity contribution in [3.8, 4) is 0 Å². The number of carbonyl (C=O) groups excluding carboxylic acids is 3. The van der Waals surface area contributed by atoms with Gasteiger partial charge in [0.15, 0.2) is 0 Å². The van der Waals surface area contributed by atoms with Crippen LogP contribution in [-0.4, -0.2) is 61.4 Å². The van der Waals surface area contributed by atoms with Gasteiger partial charge < -0.3 is 19.1 Å². The lowest BCUT2D eigenvalue weighted by atomic mass is 10.1. The summed E-state index contributed by atoms with van der Waals surface area (Å²) < 4.78 is 16.1. The van der Waals surface area contributed by atoms with Crippen molar-refractivity contribution in [2.24, 2.45) is 0 Å². The van der Waals surface area contributed by atoms with Crippen molar-refractivity contribution in [1.29, 1.82) is 0 Å². The molecule has 1 N–H and O–H groups in total. The number of hydrogen-bond acceptors (Lipinski definition) is 7. The lowest BCUT2D eigenvalue weighted by Crippen LogP contribution is -2.46. The molecular formula is C20H28N2O6S. The highest BCUT2D eigenvalue weighted by Crippen LogP contribution is 2.35. The Morgan fingerprint density at radius 2 is 1.86 bits per heavy atom. The zero-order chi connectivity index (χ0) is 21.0. The number of nitrogens with one attached hydrogen (secondary N) is 1. The number of fused-ring (bicyclic) bond motifs is 1. The summed E-state index contributed by atoms with van der Waals surface area (Å²) in [4.78, 5) is 40.0. The summed E-state index contributed by atoms with van der Waals surface area (Å²) in [6, 6.07) is -0.247. The van der Waals surface area contributed by atoms with Crippen LogP contribution in [0.2, 0.25) is 0 Å². The monoisotopic (exact) mass is 424 g/mol. The molecule has 8 nitrogen and oxygen atoms in total. The number of hydrogen-bond donors (Lipinski definition) is 1. The van der Waals surface area contributed by atoms with Crippen LogP contribution in [0, 0.1) is 6.92 Å². The van der Waals surface area contributed by atoms with Gasteiger partial charge in [0.05, 0.1) is 30.9 Å². The summed E-state index contributed by atoms with van der Waals surface area (Å²) in [5.74, 6) is -1.08. The molecule has 2 heterocycles. The van der Waals surface area contributed by atoms with Crippen LogP contribution in [0.1, 0.15) is 65.1 Å². The van der Waals surface area contributed by atoms with Crippen molar-refractivity contribution >= 4 is 34.3 Å². The number of urea groups is 1. The van der Waals surface area contributed by atoms with Gasteiger partial charge in [-0.1, -0.05) is 0 Å². The summed E-state index contributed by atoms with van der Waals surface area (Å²) >= 11 is 1.05. The molecule has 0 spiro atoms. The maximum Gasteiger partial charge on any atom is 0.348 e. The molecule has 160 valence electrons. The third-order valence-corrected chi connectivity index (χ3v) is 6.45. The summed E-state index contributed by atoms with van der Waals surface area (Å²) in [7, 11) is 0. The zero-order valence-corrected chi connectivity index (χ0v) is 17.9. The van der Waals surface area contributed by atoms with Gasteiger partial charge in [0.1, 0.15) is 9.88 Å². The predicted octanol–water partition coefficient (Wildman–Crippen LogP) is 3.59. The van der Waals surface area contributed by atoms with Gasteiger partial charge in [-0.3, -0.25) is 5.32 Å². The molecular weight excluding hydrogens is 396 g/mol. The van der Waals surface area contributed by atoms with E-state index in [1.54, 1.807) is 25.7 Å². The Labute approximate surface area is 174 Å². The van der Waals surface area contributed by atoms with Crippen LogP contribution < -0.4 is 5.32 Å². The highest BCUT2D eigenvalue weighted by molar-refractivity contribution is 7.18. The van der Waals surface area contributed by atoms with E-state index >= 15 is 0 Å². The SMILES string of the molecule is CCOC(=O)c1sc(NC(=O)N2CCCOC3CCCC32)c(C(=O)OCC)c1C. The number of rotatable bonds is 5. The van der Waals surface area contributed by atoms with Crippen LogP contribution in [-0.2, 0) is 14.2 Å². The molecule has 1 aliphatic heterocycles. The first-order chi connectivity index (χ1) is 14.0. The Kier molecular flexibility index (Phi) is 7.13. The average Bonchev–Trinajstić information content (AvgIpc) is 3.20. The molecule has 0 aromatic carbocycles. The first kappa shape index (κ1) is 21.6. The van der Waals surface area contributed by atoms with E-state index in [2.05, 4.69) is 5.32 Å². The van der Waals surface area contributed by atoms with Gasteiger partial charge in [-0.15, -0.1) is 11.3 Å². The molecule has 2 aliphatic rings. The van der Waals surface area contributed by atoms with Gasteiger partial charge in [0, 0.05) is 13.2 Å².